The van der Waals surface area contributed by atoms with Crippen LogP contribution in [0.1, 0.15) is 25.0 Å². The van der Waals surface area contributed by atoms with E-state index in [0.29, 0.717) is 16.2 Å². The van der Waals surface area contributed by atoms with E-state index in [1.807, 2.05) is 49.4 Å². The average molecular weight is 401 g/mol. The molecule has 0 saturated heterocycles. The van der Waals surface area contributed by atoms with Gasteiger partial charge in [0.15, 0.2) is 5.78 Å². The topological polar surface area (TPSA) is 61.8 Å². The van der Waals surface area contributed by atoms with Crippen molar-refractivity contribution in [2.45, 2.75) is 26.4 Å². The van der Waals surface area contributed by atoms with Crippen LogP contribution >= 0.6 is 11.6 Å². The Hall–Kier alpha value is -2.63. The van der Waals surface area contributed by atoms with Gasteiger partial charge in [0.25, 0.3) is 0 Å². The van der Waals surface area contributed by atoms with E-state index in [-0.39, 0.29) is 18.1 Å². The van der Waals surface area contributed by atoms with Crippen molar-refractivity contribution in [3.63, 3.8) is 0 Å². The molecule has 2 aromatic carbocycles. The van der Waals surface area contributed by atoms with E-state index in [9.17, 15) is 9.59 Å². The molecule has 1 heterocycles. The standard InChI is InChI=1S/C22H21ClO5/c1-13-5-6-15(14-7-9-16(23)10-8-14)11-17(13)19-18(28-21(25)26-4)12-27-22(2,3)20(19)24/h5-11H,12H2,1-4H3. The van der Waals surface area contributed by atoms with Crippen LogP contribution < -0.4 is 0 Å². The molecule has 5 nitrogen and oxygen atoms in total. The maximum absolute atomic E-state index is 13.1. The van der Waals surface area contributed by atoms with Crippen LogP contribution in [-0.2, 0) is 19.0 Å². The van der Waals surface area contributed by atoms with E-state index < -0.39 is 11.8 Å². The van der Waals surface area contributed by atoms with Gasteiger partial charge in [-0.25, -0.2) is 4.79 Å². The predicted molar refractivity (Wildman–Crippen MR) is 107 cm³/mol. The lowest BCUT2D eigenvalue weighted by Crippen LogP contribution is -2.41. The van der Waals surface area contributed by atoms with Crippen molar-refractivity contribution in [2.75, 3.05) is 13.7 Å². The minimum Gasteiger partial charge on any atom is -0.437 e. The molecule has 0 radical (unpaired) electrons. The van der Waals surface area contributed by atoms with Crippen LogP contribution in [-0.4, -0.2) is 31.3 Å². The van der Waals surface area contributed by atoms with Gasteiger partial charge in [-0.1, -0.05) is 35.9 Å². The molecule has 0 aliphatic carbocycles. The van der Waals surface area contributed by atoms with Crippen molar-refractivity contribution in [3.05, 3.63) is 64.4 Å². The summed E-state index contributed by atoms with van der Waals surface area (Å²) in [5.41, 5.74) is 2.74. The van der Waals surface area contributed by atoms with Crippen molar-refractivity contribution in [1.82, 2.24) is 0 Å². The van der Waals surface area contributed by atoms with Crippen molar-refractivity contribution in [1.29, 1.82) is 0 Å². The summed E-state index contributed by atoms with van der Waals surface area (Å²) >= 11 is 5.98. The van der Waals surface area contributed by atoms with Crippen LogP contribution in [0.15, 0.2) is 48.2 Å². The van der Waals surface area contributed by atoms with Crippen molar-refractivity contribution in [2.24, 2.45) is 0 Å². The fourth-order valence-corrected chi connectivity index (χ4v) is 3.15. The first-order valence-electron chi connectivity index (χ1n) is 8.77. The van der Waals surface area contributed by atoms with Crippen molar-refractivity contribution < 1.29 is 23.8 Å². The smallest absolute Gasteiger partial charge is 0.437 e. The lowest BCUT2D eigenvalue weighted by Gasteiger charge is -2.31. The lowest BCUT2D eigenvalue weighted by molar-refractivity contribution is -0.136. The number of aryl methyl sites for hydroxylation is 1. The Morgan fingerprint density at radius 1 is 1.11 bits per heavy atom. The molecule has 0 atom stereocenters. The van der Waals surface area contributed by atoms with Crippen molar-refractivity contribution >= 4 is 29.1 Å². The average Bonchev–Trinajstić information content (AvgIpc) is 2.67. The normalized spacial score (nSPS) is 16.1. The zero-order valence-electron chi connectivity index (χ0n) is 16.2. The van der Waals surface area contributed by atoms with Gasteiger partial charge in [-0.05, 0) is 61.2 Å². The highest BCUT2D eigenvalue weighted by molar-refractivity contribution is 6.30. The Kier molecular flexibility index (Phi) is 5.59. The van der Waals surface area contributed by atoms with Gasteiger partial charge in [0, 0.05) is 5.02 Å². The van der Waals surface area contributed by atoms with Crippen LogP contribution in [0.25, 0.3) is 16.7 Å². The Balaban J connectivity index is 2.16. The summed E-state index contributed by atoms with van der Waals surface area (Å²) in [5.74, 6) is -0.110. The van der Waals surface area contributed by atoms with Gasteiger partial charge < -0.3 is 14.2 Å². The Bertz CT molecular complexity index is 957. The highest BCUT2D eigenvalue weighted by Gasteiger charge is 2.40. The molecular weight excluding hydrogens is 380 g/mol. The number of carbonyl (C=O) groups is 2. The zero-order chi connectivity index (χ0) is 20.5. The molecule has 0 saturated carbocycles. The quantitative estimate of drug-likeness (QED) is 0.663. The fourth-order valence-electron chi connectivity index (χ4n) is 3.02. The number of ether oxygens (including phenoxy) is 3. The van der Waals surface area contributed by atoms with Gasteiger partial charge in [0.2, 0.25) is 0 Å². The molecule has 0 fully saturated rings. The Labute approximate surface area is 168 Å². The van der Waals surface area contributed by atoms with E-state index in [1.54, 1.807) is 13.8 Å². The zero-order valence-corrected chi connectivity index (χ0v) is 16.9. The Morgan fingerprint density at radius 3 is 2.39 bits per heavy atom. The van der Waals surface area contributed by atoms with Crippen LogP contribution in [0.3, 0.4) is 0 Å². The number of ketones is 1. The first-order chi connectivity index (χ1) is 13.2. The number of rotatable bonds is 3. The number of hydrogen-bond donors (Lipinski definition) is 0. The van der Waals surface area contributed by atoms with Gasteiger partial charge >= 0.3 is 6.16 Å². The second-order valence-corrected chi connectivity index (χ2v) is 7.46. The van der Waals surface area contributed by atoms with E-state index in [0.717, 1.165) is 16.7 Å². The first-order valence-corrected chi connectivity index (χ1v) is 9.15. The summed E-state index contributed by atoms with van der Waals surface area (Å²) < 4.78 is 15.4. The monoisotopic (exact) mass is 400 g/mol. The molecule has 0 unspecified atom stereocenters. The number of carbonyl (C=O) groups excluding carboxylic acids is 2. The van der Waals surface area contributed by atoms with Crippen LogP contribution in [0.2, 0.25) is 5.02 Å². The number of halogens is 1. The molecule has 0 N–H and O–H groups in total. The SMILES string of the molecule is COC(=O)OC1=C(c2cc(-c3ccc(Cl)cc3)ccc2C)C(=O)C(C)(C)OC1. The number of Topliss-reactive ketones (excluding diaryl/α,β-unsaturated/α-hetero) is 1. The first kappa shape index (κ1) is 20.1. The van der Waals surface area contributed by atoms with Gasteiger partial charge in [0.05, 0.1) is 12.7 Å². The van der Waals surface area contributed by atoms with Gasteiger partial charge in [-0.2, -0.15) is 0 Å². The molecule has 2 aromatic rings. The number of hydrogen-bond acceptors (Lipinski definition) is 5. The summed E-state index contributed by atoms with van der Waals surface area (Å²) in [6, 6.07) is 13.2. The van der Waals surface area contributed by atoms with E-state index in [1.165, 1.54) is 7.11 Å². The van der Waals surface area contributed by atoms with Crippen molar-refractivity contribution in [3.8, 4) is 11.1 Å². The highest BCUT2D eigenvalue weighted by Crippen LogP contribution is 2.36. The number of benzene rings is 2. The maximum Gasteiger partial charge on any atom is 0.513 e. The van der Waals surface area contributed by atoms with Crippen LogP contribution in [0.4, 0.5) is 4.79 Å². The predicted octanol–water partition coefficient (Wildman–Crippen LogP) is 5.19. The summed E-state index contributed by atoms with van der Waals surface area (Å²) in [4.78, 5) is 24.8. The van der Waals surface area contributed by atoms with E-state index >= 15 is 0 Å². The lowest BCUT2D eigenvalue weighted by atomic mass is 9.85. The van der Waals surface area contributed by atoms with Gasteiger partial charge in [-0.15, -0.1) is 0 Å². The minimum atomic E-state index is -1.03. The third-order valence-corrected chi connectivity index (χ3v) is 4.93. The largest absolute Gasteiger partial charge is 0.513 e. The van der Waals surface area contributed by atoms with E-state index in [4.69, 9.17) is 21.1 Å². The second kappa shape index (κ2) is 7.78. The third-order valence-electron chi connectivity index (χ3n) is 4.67. The maximum atomic E-state index is 13.1. The summed E-state index contributed by atoms with van der Waals surface area (Å²) in [7, 11) is 1.21. The number of methoxy groups -OCH3 is 1. The molecule has 28 heavy (non-hydrogen) atoms. The molecule has 1 aliphatic rings. The molecule has 6 heteroatoms. The third kappa shape index (κ3) is 3.96. The summed E-state index contributed by atoms with van der Waals surface area (Å²) in [5, 5.41) is 0.647. The molecule has 0 aromatic heterocycles. The molecule has 0 amide bonds. The van der Waals surface area contributed by atoms with Crippen LogP contribution in [0, 0.1) is 6.92 Å². The fraction of sp³-hybridized carbons (Fsp3) is 0.273. The van der Waals surface area contributed by atoms with Gasteiger partial charge in [-0.3, -0.25) is 4.79 Å². The van der Waals surface area contributed by atoms with Crippen LogP contribution in [0.5, 0.6) is 0 Å². The summed E-state index contributed by atoms with van der Waals surface area (Å²) in [6.45, 7) is 5.29. The molecular formula is C22H21ClO5. The van der Waals surface area contributed by atoms with E-state index in [2.05, 4.69) is 4.74 Å². The molecule has 3 rings (SSSR count). The molecule has 0 bridgehead atoms. The minimum absolute atomic E-state index is 0.00616. The molecule has 1 aliphatic heterocycles. The Morgan fingerprint density at radius 2 is 1.75 bits per heavy atom. The molecule has 0 spiro atoms. The van der Waals surface area contributed by atoms with Gasteiger partial charge in [0.1, 0.15) is 18.0 Å². The molecule has 146 valence electrons. The highest BCUT2D eigenvalue weighted by atomic mass is 35.5. The second-order valence-electron chi connectivity index (χ2n) is 7.02. The summed E-state index contributed by atoms with van der Waals surface area (Å²) in [6.07, 6.45) is -0.893.